The van der Waals surface area contributed by atoms with E-state index in [1.165, 1.54) is 22.6 Å². The molecule has 20 heavy (non-hydrogen) atoms. The topological polar surface area (TPSA) is 49.4 Å². The number of sulfonamides is 1. The summed E-state index contributed by atoms with van der Waals surface area (Å²) in [6.07, 6.45) is 1.04. The molecule has 2 aromatic rings. The maximum Gasteiger partial charge on any atom is 0.250 e. The molecular weight excluding hydrogens is 292 g/mol. The molecular formula is C14H16N2O2S2. The van der Waals surface area contributed by atoms with Crippen molar-refractivity contribution >= 4 is 27.0 Å². The van der Waals surface area contributed by atoms with Gasteiger partial charge in [0.1, 0.15) is 4.21 Å². The van der Waals surface area contributed by atoms with Crippen molar-refractivity contribution in [3.8, 4) is 0 Å². The molecule has 0 spiro atoms. The number of rotatable bonds is 5. The van der Waals surface area contributed by atoms with Crippen molar-refractivity contribution in [3.63, 3.8) is 0 Å². The first-order valence-corrected chi connectivity index (χ1v) is 8.89. The zero-order valence-corrected chi connectivity index (χ0v) is 12.6. The van der Waals surface area contributed by atoms with Crippen LogP contribution in [0.3, 0.4) is 0 Å². The lowest BCUT2D eigenvalue weighted by Gasteiger charge is -2.19. The van der Waals surface area contributed by atoms with E-state index in [2.05, 4.69) is 21.8 Å². The number of fused-ring (bicyclic) bond motifs is 1. The van der Waals surface area contributed by atoms with Crippen LogP contribution in [-0.4, -0.2) is 28.1 Å². The third-order valence-electron chi connectivity index (χ3n) is 3.42. The average molecular weight is 308 g/mol. The molecule has 0 bridgehead atoms. The Morgan fingerprint density at radius 3 is 2.85 bits per heavy atom. The summed E-state index contributed by atoms with van der Waals surface area (Å²) in [7, 11) is -3.34. The Bertz CT molecular complexity index is 681. The van der Waals surface area contributed by atoms with Crippen LogP contribution in [0.2, 0.25) is 0 Å². The standard InChI is InChI=1S/C14H16N2O2S2/c17-20(18,14-6-3-11-19-14)15-8-10-16-9-7-12-4-1-2-5-13(12)16/h1-6,11,15H,7-10H2. The van der Waals surface area contributed by atoms with E-state index in [0.717, 1.165) is 13.0 Å². The van der Waals surface area contributed by atoms with Crippen LogP contribution in [0.5, 0.6) is 0 Å². The number of hydrogen-bond acceptors (Lipinski definition) is 4. The van der Waals surface area contributed by atoms with Crippen LogP contribution >= 0.6 is 11.3 Å². The molecule has 0 fully saturated rings. The van der Waals surface area contributed by atoms with Gasteiger partial charge in [-0.05, 0) is 29.5 Å². The van der Waals surface area contributed by atoms with Crippen LogP contribution in [0.4, 0.5) is 5.69 Å². The van der Waals surface area contributed by atoms with Crippen molar-refractivity contribution in [1.29, 1.82) is 0 Å². The summed E-state index contributed by atoms with van der Waals surface area (Å²) in [6.45, 7) is 2.08. The smallest absolute Gasteiger partial charge is 0.250 e. The fourth-order valence-corrected chi connectivity index (χ4v) is 4.50. The second-order valence-electron chi connectivity index (χ2n) is 4.70. The fourth-order valence-electron chi connectivity index (χ4n) is 2.44. The molecule has 0 radical (unpaired) electrons. The van der Waals surface area contributed by atoms with Gasteiger partial charge in [0.2, 0.25) is 10.0 Å². The van der Waals surface area contributed by atoms with Gasteiger partial charge in [-0.15, -0.1) is 11.3 Å². The molecule has 0 aliphatic carbocycles. The van der Waals surface area contributed by atoms with Gasteiger partial charge >= 0.3 is 0 Å². The molecule has 1 aliphatic rings. The summed E-state index contributed by atoms with van der Waals surface area (Å²) >= 11 is 1.24. The monoisotopic (exact) mass is 308 g/mol. The van der Waals surface area contributed by atoms with Gasteiger partial charge in [-0.25, -0.2) is 13.1 Å². The largest absolute Gasteiger partial charge is 0.370 e. The molecule has 1 aromatic carbocycles. The molecule has 1 aromatic heterocycles. The van der Waals surface area contributed by atoms with Gasteiger partial charge in [-0.1, -0.05) is 24.3 Å². The first kappa shape index (κ1) is 13.6. The van der Waals surface area contributed by atoms with Crippen molar-refractivity contribution < 1.29 is 8.42 Å². The molecule has 6 heteroatoms. The van der Waals surface area contributed by atoms with E-state index in [9.17, 15) is 8.42 Å². The van der Waals surface area contributed by atoms with Gasteiger partial charge in [-0.2, -0.15) is 0 Å². The third kappa shape index (κ3) is 2.72. The molecule has 3 rings (SSSR count). The highest BCUT2D eigenvalue weighted by molar-refractivity contribution is 7.91. The van der Waals surface area contributed by atoms with Crippen LogP contribution in [0.1, 0.15) is 5.56 Å². The van der Waals surface area contributed by atoms with Crippen LogP contribution in [0, 0.1) is 0 Å². The summed E-state index contributed by atoms with van der Waals surface area (Å²) < 4.78 is 27.0. The number of thiophene rings is 1. The maximum absolute atomic E-state index is 12.0. The Morgan fingerprint density at radius 2 is 2.05 bits per heavy atom. The Morgan fingerprint density at radius 1 is 1.20 bits per heavy atom. The number of anilines is 1. The lowest BCUT2D eigenvalue weighted by molar-refractivity contribution is 0.583. The van der Waals surface area contributed by atoms with Crippen molar-refractivity contribution in [1.82, 2.24) is 4.72 Å². The SMILES string of the molecule is O=S(=O)(NCCN1CCc2ccccc21)c1cccs1. The minimum absolute atomic E-state index is 0.374. The van der Waals surface area contributed by atoms with Gasteiger partial charge < -0.3 is 4.90 Å². The molecule has 106 valence electrons. The van der Waals surface area contributed by atoms with Gasteiger partial charge in [0.15, 0.2) is 0 Å². The summed E-state index contributed by atoms with van der Waals surface area (Å²) in [5.74, 6) is 0. The maximum atomic E-state index is 12.0. The van der Waals surface area contributed by atoms with Gasteiger partial charge in [-0.3, -0.25) is 0 Å². The number of benzene rings is 1. The summed E-state index contributed by atoms with van der Waals surface area (Å²) in [5.41, 5.74) is 2.57. The van der Waals surface area contributed by atoms with Gasteiger partial charge in [0, 0.05) is 25.3 Å². The zero-order chi connectivity index (χ0) is 14.0. The highest BCUT2D eigenvalue weighted by atomic mass is 32.2. The van der Waals surface area contributed by atoms with Crippen molar-refractivity contribution in [2.45, 2.75) is 10.6 Å². The quantitative estimate of drug-likeness (QED) is 0.920. The average Bonchev–Trinajstić information content (AvgIpc) is 3.08. The van der Waals surface area contributed by atoms with Gasteiger partial charge in [0.05, 0.1) is 0 Å². The Kier molecular flexibility index (Phi) is 3.78. The molecule has 0 amide bonds. The van der Waals surface area contributed by atoms with Crippen LogP contribution in [-0.2, 0) is 16.4 Å². The Balaban J connectivity index is 1.59. The fraction of sp³-hybridized carbons (Fsp3) is 0.286. The molecule has 0 saturated carbocycles. The first-order valence-electron chi connectivity index (χ1n) is 6.53. The predicted molar refractivity (Wildman–Crippen MR) is 81.9 cm³/mol. The van der Waals surface area contributed by atoms with E-state index in [4.69, 9.17) is 0 Å². The lowest BCUT2D eigenvalue weighted by atomic mass is 10.2. The predicted octanol–water partition coefficient (Wildman–Crippen LogP) is 2.09. The lowest BCUT2D eigenvalue weighted by Crippen LogP contribution is -2.33. The highest BCUT2D eigenvalue weighted by Gasteiger charge is 2.19. The minimum Gasteiger partial charge on any atom is -0.370 e. The van der Waals surface area contributed by atoms with Crippen molar-refractivity contribution in [2.24, 2.45) is 0 Å². The molecule has 0 atom stereocenters. The third-order valence-corrected chi connectivity index (χ3v) is 6.28. The van der Waals surface area contributed by atoms with E-state index >= 15 is 0 Å². The summed E-state index contributed by atoms with van der Waals surface area (Å²) in [5, 5.41) is 1.77. The second kappa shape index (κ2) is 5.55. The molecule has 0 saturated heterocycles. The summed E-state index contributed by atoms with van der Waals surface area (Å²) in [6, 6.07) is 11.7. The zero-order valence-electron chi connectivity index (χ0n) is 11.0. The molecule has 0 unspecified atom stereocenters. The number of hydrogen-bond donors (Lipinski definition) is 1. The number of para-hydroxylation sites is 1. The minimum atomic E-state index is -3.34. The van der Waals surface area contributed by atoms with Crippen molar-refractivity contribution in [2.75, 3.05) is 24.5 Å². The van der Waals surface area contributed by atoms with E-state index < -0.39 is 10.0 Å². The normalized spacial score (nSPS) is 14.5. The molecule has 4 nitrogen and oxygen atoms in total. The van der Waals surface area contributed by atoms with Crippen molar-refractivity contribution in [3.05, 3.63) is 47.3 Å². The van der Waals surface area contributed by atoms with E-state index in [0.29, 0.717) is 17.3 Å². The van der Waals surface area contributed by atoms with E-state index in [-0.39, 0.29) is 0 Å². The van der Waals surface area contributed by atoms with Crippen LogP contribution in [0.15, 0.2) is 46.0 Å². The molecule has 1 aliphatic heterocycles. The molecule has 1 N–H and O–H groups in total. The molecule has 2 heterocycles. The highest BCUT2D eigenvalue weighted by Crippen LogP contribution is 2.26. The number of nitrogens with zero attached hydrogens (tertiary/aromatic N) is 1. The van der Waals surface area contributed by atoms with Crippen LogP contribution in [0.25, 0.3) is 0 Å². The van der Waals surface area contributed by atoms with Gasteiger partial charge in [0.25, 0.3) is 0 Å². The second-order valence-corrected chi connectivity index (χ2v) is 7.64. The van der Waals surface area contributed by atoms with Crippen LogP contribution < -0.4 is 9.62 Å². The van der Waals surface area contributed by atoms with E-state index in [1.807, 2.05) is 12.1 Å². The first-order chi connectivity index (χ1) is 9.67. The van der Waals surface area contributed by atoms with E-state index in [1.54, 1.807) is 17.5 Å². The summed E-state index contributed by atoms with van der Waals surface area (Å²) in [4.78, 5) is 2.23. The Hall–Kier alpha value is -1.37. The Labute approximate surface area is 123 Å². The number of nitrogens with one attached hydrogen (secondary N) is 1.